The van der Waals surface area contributed by atoms with Crippen molar-refractivity contribution in [2.75, 3.05) is 19.0 Å². The number of hydrogen-bond donors (Lipinski definition) is 1. The van der Waals surface area contributed by atoms with E-state index in [0.29, 0.717) is 5.02 Å². The average Bonchev–Trinajstić information content (AvgIpc) is 2.83. The fourth-order valence-corrected chi connectivity index (χ4v) is 3.64. The van der Waals surface area contributed by atoms with Crippen molar-refractivity contribution in [1.82, 2.24) is 9.78 Å². The zero-order chi connectivity index (χ0) is 18.1. The Morgan fingerprint density at radius 3 is 2.85 bits per heavy atom. The van der Waals surface area contributed by atoms with Gasteiger partial charge < -0.3 is 10.1 Å². The fourth-order valence-electron chi connectivity index (χ4n) is 3.38. The number of rotatable bonds is 3. The molecule has 4 rings (SSSR count). The number of benzene rings is 2. The molecular formula is C20H19ClFN3O. The Hall–Kier alpha value is -2.53. The standard InChI is InChI=1S/C20H19ClFN3O/c1-26-18-8-3-2-7-17(18)25-20-15(6-4-5-11-23-20)19(24-25)14-10-9-13(22)12-16(14)21/h2-3,7-10,12,23H,4-6,11H2,1H3. The number of para-hydroxylation sites is 2. The molecule has 2 aromatic carbocycles. The number of nitrogens with zero attached hydrogens (tertiary/aromatic N) is 2. The van der Waals surface area contributed by atoms with Gasteiger partial charge in [0.25, 0.3) is 0 Å². The second-order valence-electron chi connectivity index (χ2n) is 6.27. The summed E-state index contributed by atoms with van der Waals surface area (Å²) in [5, 5.41) is 8.70. The van der Waals surface area contributed by atoms with Crippen LogP contribution >= 0.6 is 11.6 Å². The Kier molecular flexibility index (Phi) is 4.55. The molecule has 0 bridgehead atoms. The van der Waals surface area contributed by atoms with E-state index in [-0.39, 0.29) is 5.82 Å². The SMILES string of the molecule is COc1ccccc1-n1nc(-c2ccc(F)cc2Cl)c2c1NCCCC2. The highest BCUT2D eigenvalue weighted by molar-refractivity contribution is 6.33. The summed E-state index contributed by atoms with van der Waals surface area (Å²) < 4.78 is 20.9. The van der Waals surface area contributed by atoms with Gasteiger partial charge in [0.1, 0.15) is 23.1 Å². The molecule has 2 heterocycles. The Morgan fingerprint density at radius 1 is 1.19 bits per heavy atom. The summed E-state index contributed by atoms with van der Waals surface area (Å²) in [6, 6.07) is 12.2. The van der Waals surface area contributed by atoms with E-state index in [1.54, 1.807) is 13.2 Å². The van der Waals surface area contributed by atoms with E-state index < -0.39 is 0 Å². The average molecular weight is 372 g/mol. The van der Waals surface area contributed by atoms with Gasteiger partial charge in [-0.15, -0.1) is 0 Å². The largest absolute Gasteiger partial charge is 0.494 e. The van der Waals surface area contributed by atoms with Crippen LogP contribution in [0.15, 0.2) is 42.5 Å². The molecule has 0 amide bonds. The van der Waals surface area contributed by atoms with E-state index in [1.165, 1.54) is 12.1 Å². The number of aromatic nitrogens is 2. The van der Waals surface area contributed by atoms with E-state index in [9.17, 15) is 4.39 Å². The van der Waals surface area contributed by atoms with Gasteiger partial charge in [-0.1, -0.05) is 23.7 Å². The Morgan fingerprint density at radius 2 is 2.04 bits per heavy atom. The van der Waals surface area contributed by atoms with Gasteiger partial charge in [-0.05, 0) is 49.6 Å². The van der Waals surface area contributed by atoms with Crippen molar-refractivity contribution in [2.24, 2.45) is 0 Å². The van der Waals surface area contributed by atoms with Crippen LogP contribution in [0.4, 0.5) is 10.2 Å². The smallest absolute Gasteiger partial charge is 0.144 e. The minimum Gasteiger partial charge on any atom is -0.494 e. The third-order valence-electron chi connectivity index (χ3n) is 4.63. The van der Waals surface area contributed by atoms with Gasteiger partial charge in [0.15, 0.2) is 0 Å². The third-order valence-corrected chi connectivity index (χ3v) is 4.94. The first kappa shape index (κ1) is 16.9. The highest BCUT2D eigenvalue weighted by Crippen LogP contribution is 2.38. The minimum absolute atomic E-state index is 0.355. The van der Waals surface area contributed by atoms with E-state index in [2.05, 4.69) is 5.32 Å². The summed E-state index contributed by atoms with van der Waals surface area (Å²) in [6.07, 6.45) is 3.03. The number of anilines is 1. The van der Waals surface area contributed by atoms with Gasteiger partial charge in [0, 0.05) is 17.7 Å². The second-order valence-corrected chi connectivity index (χ2v) is 6.67. The molecule has 26 heavy (non-hydrogen) atoms. The van der Waals surface area contributed by atoms with Crippen LogP contribution in [0.5, 0.6) is 5.75 Å². The molecule has 1 aliphatic heterocycles. The van der Waals surface area contributed by atoms with Crippen LogP contribution in [0.1, 0.15) is 18.4 Å². The number of nitrogens with one attached hydrogen (secondary N) is 1. The summed E-state index contributed by atoms with van der Waals surface area (Å²) in [5.41, 5.74) is 3.47. The van der Waals surface area contributed by atoms with Crippen molar-refractivity contribution in [3.05, 3.63) is 58.9 Å². The van der Waals surface area contributed by atoms with Gasteiger partial charge in [-0.3, -0.25) is 0 Å². The number of halogens is 2. The molecule has 0 fully saturated rings. The number of methoxy groups -OCH3 is 1. The summed E-state index contributed by atoms with van der Waals surface area (Å²) in [4.78, 5) is 0. The van der Waals surface area contributed by atoms with Gasteiger partial charge in [-0.25, -0.2) is 9.07 Å². The van der Waals surface area contributed by atoms with Crippen LogP contribution in [0.3, 0.4) is 0 Å². The Bertz CT molecular complexity index is 954. The normalized spacial score (nSPS) is 13.7. The Balaban J connectivity index is 1.95. The molecule has 0 saturated carbocycles. The van der Waals surface area contributed by atoms with Crippen molar-refractivity contribution < 1.29 is 9.13 Å². The lowest BCUT2D eigenvalue weighted by Gasteiger charge is -2.12. The van der Waals surface area contributed by atoms with Crippen LogP contribution in [0, 0.1) is 5.82 Å². The minimum atomic E-state index is -0.355. The lowest BCUT2D eigenvalue weighted by atomic mass is 10.0. The monoisotopic (exact) mass is 371 g/mol. The van der Waals surface area contributed by atoms with Gasteiger partial charge in [0.05, 0.1) is 17.8 Å². The zero-order valence-corrected chi connectivity index (χ0v) is 15.2. The van der Waals surface area contributed by atoms with Crippen LogP contribution in [-0.4, -0.2) is 23.4 Å². The van der Waals surface area contributed by atoms with Gasteiger partial charge in [0.2, 0.25) is 0 Å². The number of hydrogen-bond acceptors (Lipinski definition) is 3. The van der Waals surface area contributed by atoms with Crippen molar-refractivity contribution in [3.8, 4) is 22.7 Å². The van der Waals surface area contributed by atoms with Crippen molar-refractivity contribution in [3.63, 3.8) is 0 Å². The quantitative estimate of drug-likeness (QED) is 0.697. The van der Waals surface area contributed by atoms with Crippen molar-refractivity contribution in [1.29, 1.82) is 0 Å². The predicted octanol–water partition coefficient (Wildman–Crippen LogP) is 5.09. The molecule has 0 unspecified atom stereocenters. The van der Waals surface area contributed by atoms with E-state index in [1.807, 2.05) is 28.9 Å². The molecule has 1 aromatic heterocycles. The molecule has 0 atom stereocenters. The molecule has 6 heteroatoms. The topological polar surface area (TPSA) is 39.1 Å². The molecule has 4 nitrogen and oxygen atoms in total. The summed E-state index contributed by atoms with van der Waals surface area (Å²) in [7, 11) is 1.65. The molecule has 134 valence electrons. The molecule has 0 saturated heterocycles. The van der Waals surface area contributed by atoms with E-state index in [0.717, 1.165) is 59.9 Å². The maximum absolute atomic E-state index is 13.5. The first-order valence-corrected chi connectivity index (χ1v) is 9.01. The first-order valence-electron chi connectivity index (χ1n) is 8.63. The zero-order valence-electron chi connectivity index (χ0n) is 14.4. The fraction of sp³-hybridized carbons (Fsp3) is 0.250. The predicted molar refractivity (Wildman–Crippen MR) is 102 cm³/mol. The molecule has 1 aliphatic rings. The van der Waals surface area contributed by atoms with Crippen molar-refractivity contribution in [2.45, 2.75) is 19.3 Å². The molecule has 1 N–H and O–H groups in total. The summed E-state index contributed by atoms with van der Waals surface area (Å²) >= 11 is 6.33. The highest BCUT2D eigenvalue weighted by atomic mass is 35.5. The maximum atomic E-state index is 13.5. The lowest BCUT2D eigenvalue weighted by Crippen LogP contribution is -2.08. The van der Waals surface area contributed by atoms with E-state index in [4.69, 9.17) is 21.4 Å². The van der Waals surface area contributed by atoms with Gasteiger partial charge in [-0.2, -0.15) is 5.10 Å². The summed E-state index contributed by atoms with van der Waals surface area (Å²) in [6.45, 7) is 0.879. The molecule has 0 aliphatic carbocycles. The molecular weight excluding hydrogens is 353 g/mol. The van der Waals surface area contributed by atoms with Crippen LogP contribution in [0.25, 0.3) is 16.9 Å². The lowest BCUT2D eigenvalue weighted by molar-refractivity contribution is 0.412. The Labute approximate surface area is 156 Å². The highest BCUT2D eigenvalue weighted by Gasteiger charge is 2.24. The molecule has 0 radical (unpaired) electrons. The number of fused-ring (bicyclic) bond motifs is 1. The maximum Gasteiger partial charge on any atom is 0.144 e. The van der Waals surface area contributed by atoms with Crippen LogP contribution in [-0.2, 0) is 6.42 Å². The van der Waals surface area contributed by atoms with E-state index >= 15 is 0 Å². The molecule has 3 aromatic rings. The molecule has 0 spiro atoms. The van der Waals surface area contributed by atoms with Crippen molar-refractivity contribution >= 4 is 17.4 Å². The van der Waals surface area contributed by atoms with Crippen LogP contribution in [0.2, 0.25) is 5.02 Å². The number of ether oxygens (including phenoxy) is 1. The summed E-state index contributed by atoms with van der Waals surface area (Å²) in [5.74, 6) is 1.33. The van der Waals surface area contributed by atoms with Crippen LogP contribution < -0.4 is 10.1 Å². The first-order chi connectivity index (χ1) is 12.7. The van der Waals surface area contributed by atoms with Gasteiger partial charge >= 0.3 is 0 Å². The third kappa shape index (κ3) is 2.92. The second kappa shape index (κ2) is 7.00.